The second-order valence-corrected chi connectivity index (χ2v) is 9.65. The number of rotatable bonds is 3. The minimum Gasteiger partial charge on any atom is -0.328 e. The van der Waals surface area contributed by atoms with Crippen LogP contribution < -0.4 is 0 Å². The molecule has 2 saturated heterocycles. The van der Waals surface area contributed by atoms with Gasteiger partial charge in [0.2, 0.25) is 11.9 Å². The predicted molar refractivity (Wildman–Crippen MR) is 116 cm³/mol. The molecule has 6 heteroatoms. The highest BCUT2D eigenvalue weighted by Crippen LogP contribution is 2.53. The summed E-state index contributed by atoms with van der Waals surface area (Å²) in [4.78, 5) is 29.7. The van der Waals surface area contributed by atoms with Gasteiger partial charge >= 0.3 is 0 Å². The second kappa shape index (κ2) is 7.20. The van der Waals surface area contributed by atoms with Crippen molar-refractivity contribution in [2.45, 2.75) is 57.9 Å². The molecule has 1 amide bonds. The molecule has 0 saturated carbocycles. The topological polar surface area (TPSA) is 66.7 Å². The molecule has 2 aliphatic heterocycles. The third-order valence-corrected chi connectivity index (χ3v) is 6.51. The minimum absolute atomic E-state index is 0.0363. The van der Waals surface area contributed by atoms with E-state index in [-0.39, 0.29) is 22.4 Å². The molecule has 0 aliphatic carbocycles. The number of carbonyl (C=O) groups is 1. The van der Waals surface area contributed by atoms with Crippen molar-refractivity contribution in [3.63, 3.8) is 0 Å². The summed E-state index contributed by atoms with van der Waals surface area (Å²) in [6.45, 7) is 8.27. The molecule has 2 aromatic rings. The van der Waals surface area contributed by atoms with Crippen LogP contribution in [0.5, 0.6) is 0 Å². The number of fused-ring (bicyclic) bond motifs is 1. The van der Waals surface area contributed by atoms with E-state index in [0.29, 0.717) is 0 Å². The van der Waals surface area contributed by atoms with E-state index in [1.54, 1.807) is 4.90 Å². The zero-order valence-electron chi connectivity index (χ0n) is 18.1. The standard InChI is InChI=1S/C24H29N3O3/c1-15-10-9-13-17(14-15)19-20(27(29)30)18(16-11-7-6-8-12-16)21-22(28)25(5)23(26(19)21)24(2,3)4/h6-14,18-21,23H,1-5H3/t18-,19+,20-,21?,23?/m0/s1. The number of carbonyl (C=O) groups excluding carboxylic acids is 1. The lowest BCUT2D eigenvalue weighted by molar-refractivity contribution is -0.529. The Morgan fingerprint density at radius 3 is 2.17 bits per heavy atom. The van der Waals surface area contributed by atoms with Gasteiger partial charge in [-0.3, -0.25) is 19.8 Å². The Morgan fingerprint density at radius 2 is 1.60 bits per heavy atom. The highest BCUT2D eigenvalue weighted by molar-refractivity contribution is 5.86. The third-order valence-electron chi connectivity index (χ3n) is 6.51. The third kappa shape index (κ3) is 3.10. The molecular weight excluding hydrogens is 378 g/mol. The van der Waals surface area contributed by atoms with Crippen LogP contribution in [-0.4, -0.2) is 45.9 Å². The molecule has 4 rings (SSSR count). The molecule has 30 heavy (non-hydrogen) atoms. The number of benzene rings is 2. The van der Waals surface area contributed by atoms with Crippen LogP contribution in [0.3, 0.4) is 0 Å². The second-order valence-electron chi connectivity index (χ2n) is 9.65. The normalized spacial score (nSPS) is 29.3. The zero-order valence-corrected chi connectivity index (χ0v) is 18.1. The Kier molecular flexibility index (Phi) is 4.93. The molecule has 0 spiro atoms. The maximum Gasteiger partial charge on any atom is 0.241 e. The van der Waals surface area contributed by atoms with Crippen LogP contribution >= 0.6 is 0 Å². The fraction of sp³-hybridized carbons (Fsp3) is 0.458. The molecule has 0 radical (unpaired) electrons. The van der Waals surface area contributed by atoms with E-state index in [0.717, 1.165) is 16.7 Å². The fourth-order valence-corrected chi connectivity index (χ4v) is 5.59. The Balaban J connectivity index is 1.96. The minimum atomic E-state index is -0.901. The molecular formula is C24H29N3O3. The number of aryl methyl sites for hydroxylation is 1. The molecule has 2 aliphatic rings. The van der Waals surface area contributed by atoms with Crippen molar-refractivity contribution >= 4 is 5.91 Å². The van der Waals surface area contributed by atoms with Gasteiger partial charge in [-0.1, -0.05) is 80.9 Å². The van der Waals surface area contributed by atoms with Gasteiger partial charge in [0, 0.05) is 12.0 Å². The lowest BCUT2D eigenvalue weighted by atomic mass is 9.84. The van der Waals surface area contributed by atoms with Crippen LogP contribution in [-0.2, 0) is 4.79 Å². The maximum atomic E-state index is 13.5. The fourth-order valence-electron chi connectivity index (χ4n) is 5.59. The van der Waals surface area contributed by atoms with Gasteiger partial charge < -0.3 is 4.90 Å². The molecule has 2 fully saturated rings. The zero-order chi connectivity index (χ0) is 21.8. The van der Waals surface area contributed by atoms with Gasteiger partial charge in [0.25, 0.3) is 0 Å². The van der Waals surface area contributed by atoms with Crippen molar-refractivity contribution < 1.29 is 9.72 Å². The number of hydrogen-bond acceptors (Lipinski definition) is 4. The predicted octanol–water partition coefficient (Wildman–Crippen LogP) is 3.99. The highest BCUT2D eigenvalue weighted by atomic mass is 16.6. The van der Waals surface area contributed by atoms with Crippen molar-refractivity contribution in [1.29, 1.82) is 0 Å². The van der Waals surface area contributed by atoms with E-state index in [2.05, 4.69) is 25.7 Å². The molecule has 0 N–H and O–H groups in total. The van der Waals surface area contributed by atoms with E-state index in [9.17, 15) is 14.9 Å². The van der Waals surface area contributed by atoms with Crippen molar-refractivity contribution in [3.05, 3.63) is 81.4 Å². The van der Waals surface area contributed by atoms with Gasteiger partial charge in [0.05, 0.1) is 12.1 Å². The van der Waals surface area contributed by atoms with E-state index >= 15 is 0 Å². The summed E-state index contributed by atoms with van der Waals surface area (Å²) in [5.74, 6) is -0.542. The van der Waals surface area contributed by atoms with Crippen LogP contribution in [0.4, 0.5) is 0 Å². The van der Waals surface area contributed by atoms with Crippen LogP contribution in [0, 0.1) is 22.5 Å². The number of hydrogen-bond donors (Lipinski definition) is 0. The first kappa shape index (κ1) is 20.5. The molecule has 5 atom stereocenters. The summed E-state index contributed by atoms with van der Waals surface area (Å²) in [5.41, 5.74) is 2.55. The van der Waals surface area contributed by atoms with Gasteiger partial charge in [-0.25, -0.2) is 0 Å². The first-order valence-electron chi connectivity index (χ1n) is 10.4. The van der Waals surface area contributed by atoms with Crippen molar-refractivity contribution in [2.24, 2.45) is 5.41 Å². The van der Waals surface area contributed by atoms with E-state index in [1.165, 1.54) is 0 Å². The maximum absolute atomic E-state index is 13.5. The molecule has 158 valence electrons. The molecule has 2 unspecified atom stereocenters. The molecule has 2 aromatic carbocycles. The van der Waals surface area contributed by atoms with Gasteiger partial charge in [-0.05, 0) is 23.5 Å². The van der Waals surface area contributed by atoms with Crippen LogP contribution in [0.15, 0.2) is 54.6 Å². The van der Waals surface area contributed by atoms with Crippen molar-refractivity contribution in [1.82, 2.24) is 9.80 Å². The van der Waals surface area contributed by atoms with Crippen LogP contribution in [0.2, 0.25) is 0 Å². The first-order valence-corrected chi connectivity index (χ1v) is 10.4. The summed E-state index contributed by atoms with van der Waals surface area (Å²) in [6, 6.07) is 15.5. The molecule has 6 nitrogen and oxygen atoms in total. The quantitative estimate of drug-likeness (QED) is 0.570. The van der Waals surface area contributed by atoms with Crippen LogP contribution in [0.25, 0.3) is 0 Å². The molecule has 0 bridgehead atoms. The summed E-state index contributed by atoms with van der Waals surface area (Å²) >= 11 is 0. The van der Waals surface area contributed by atoms with Gasteiger partial charge in [-0.2, -0.15) is 0 Å². The SMILES string of the molecule is Cc1cccc([C@@H]2[C@@H]([N+](=O)[O-])[C@H](c3ccccc3)C3C(=O)N(C)C(C(C)(C)C)N32)c1. The monoisotopic (exact) mass is 407 g/mol. The Hall–Kier alpha value is -2.73. The Bertz CT molecular complexity index is 969. The number of nitro groups is 1. The summed E-state index contributed by atoms with van der Waals surface area (Å²) in [5, 5.41) is 12.5. The number of amides is 1. The summed E-state index contributed by atoms with van der Waals surface area (Å²) in [7, 11) is 1.83. The smallest absolute Gasteiger partial charge is 0.241 e. The average Bonchev–Trinajstić information content (AvgIpc) is 3.15. The van der Waals surface area contributed by atoms with Crippen molar-refractivity contribution in [2.75, 3.05) is 7.05 Å². The van der Waals surface area contributed by atoms with E-state index in [1.807, 2.05) is 68.6 Å². The van der Waals surface area contributed by atoms with Gasteiger partial charge in [-0.15, -0.1) is 0 Å². The number of nitrogens with zero attached hydrogens (tertiary/aromatic N) is 3. The van der Waals surface area contributed by atoms with E-state index < -0.39 is 24.0 Å². The van der Waals surface area contributed by atoms with Crippen molar-refractivity contribution in [3.8, 4) is 0 Å². The van der Waals surface area contributed by atoms with E-state index in [4.69, 9.17) is 0 Å². The van der Waals surface area contributed by atoms with Crippen LogP contribution in [0.1, 0.15) is 49.4 Å². The largest absolute Gasteiger partial charge is 0.328 e. The first-order chi connectivity index (χ1) is 14.1. The average molecular weight is 408 g/mol. The lowest BCUT2D eigenvalue weighted by Gasteiger charge is -2.40. The lowest BCUT2D eigenvalue weighted by Crippen LogP contribution is -2.49. The molecule has 2 heterocycles. The molecule has 0 aromatic heterocycles. The summed E-state index contributed by atoms with van der Waals surface area (Å²) in [6.07, 6.45) is -0.225. The van der Waals surface area contributed by atoms with Gasteiger partial charge in [0.15, 0.2) is 0 Å². The number of likely N-dealkylation sites (N-methyl/N-ethyl adjacent to an activating group) is 1. The Labute approximate surface area is 177 Å². The Morgan fingerprint density at radius 1 is 0.967 bits per heavy atom. The highest BCUT2D eigenvalue weighted by Gasteiger charge is 2.66. The van der Waals surface area contributed by atoms with Gasteiger partial charge in [0.1, 0.15) is 12.1 Å². The summed E-state index contributed by atoms with van der Waals surface area (Å²) < 4.78 is 0.